The summed E-state index contributed by atoms with van der Waals surface area (Å²) in [6.45, 7) is 4.62. The van der Waals surface area contributed by atoms with Gasteiger partial charge in [-0.1, -0.05) is 37.3 Å². The summed E-state index contributed by atoms with van der Waals surface area (Å²) in [5.74, 6) is -1.75. The Morgan fingerprint density at radius 3 is 2.12 bits per heavy atom. The Hall–Kier alpha value is -1.64. The van der Waals surface area contributed by atoms with E-state index in [1.807, 2.05) is 30.3 Å². The lowest BCUT2D eigenvalue weighted by molar-refractivity contribution is -0.153. The molecular weight excluding hydrogens is 204 g/mol. The second-order valence-electron chi connectivity index (χ2n) is 4.43. The maximum absolute atomic E-state index is 12.0. The van der Waals surface area contributed by atoms with Crippen molar-refractivity contribution in [2.24, 2.45) is 5.41 Å². The van der Waals surface area contributed by atoms with Gasteiger partial charge in [-0.25, -0.2) is 0 Å². The van der Waals surface area contributed by atoms with E-state index in [2.05, 4.69) is 0 Å². The molecule has 1 rings (SSSR count). The van der Waals surface area contributed by atoms with Crippen LogP contribution in [0.25, 0.3) is 0 Å². The molecule has 0 radical (unpaired) electrons. The third kappa shape index (κ3) is 2.30. The zero-order valence-corrected chi connectivity index (χ0v) is 9.73. The number of ketones is 1. The smallest absolute Gasteiger partial charge is 0.316 e. The van der Waals surface area contributed by atoms with Crippen molar-refractivity contribution in [1.82, 2.24) is 0 Å². The van der Waals surface area contributed by atoms with Gasteiger partial charge in [0.2, 0.25) is 0 Å². The topological polar surface area (TPSA) is 54.4 Å². The van der Waals surface area contributed by atoms with Crippen LogP contribution in [0.15, 0.2) is 30.3 Å². The fourth-order valence-electron chi connectivity index (χ4n) is 1.54. The Kier molecular flexibility index (Phi) is 3.48. The first-order valence-electron chi connectivity index (χ1n) is 5.20. The summed E-state index contributed by atoms with van der Waals surface area (Å²) >= 11 is 0. The average molecular weight is 220 g/mol. The molecule has 0 saturated carbocycles. The van der Waals surface area contributed by atoms with Crippen LogP contribution in [0, 0.1) is 5.41 Å². The molecule has 16 heavy (non-hydrogen) atoms. The van der Waals surface area contributed by atoms with Crippen LogP contribution in [-0.2, 0) is 9.59 Å². The number of hydrogen-bond acceptors (Lipinski definition) is 2. The number of hydrogen-bond donors (Lipinski definition) is 1. The summed E-state index contributed by atoms with van der Waals surface area (Å²) in [6.07, 6.45) is 0. The van der Waals surface area contributed by atoms with Crippen LogP contribution in [-0.4, -0.2) is 16.9 Å². The fraction of sp³-hybridized carbons (Fsp3) is 0.385. The van der Waals surface area contributed by atoms with Crippen LogP contribution < -0.4 is 0 Å². The minimum atomic E-state index is -1.34. The molecule has 0 spiro atoms. The number of rotatable bonds is 4. The van der Waals surface area contributed by atoms with E-state index in [1.165, 1.54) is 13.8 Å². The third-order valence-electron chi connectivity index (χ3n) is 2.84. The number of carbonyl (C=O) groups excluding carboxylic acids is 1. The molecule has 1 N–H and O–H groups in total. The van der Waals surface area contributed by atoms with Crippen molar-refractivity contribution in [3.05, 3.63) is 35.9 Å². The molecule has 3 heteroatoms. The Morgan fingerprint density at radius 2 is 1.69 bits per heavy atom. The number of carbonyl (C=O) groups is 2. The van der Waals surface area contributed by atoms with Crippen LogP contribution >= 0.6 is 0 Å². The summed E-state index contributed by atoms with van der Waals surface area (Å²) in [7, 11) is 0. The standard InChI is InChI=1S/C13H16O3/c1-9(10-7-5-4-6-8-10)11(14)13(2,3)12(15)16/h4-9H,1-3H3,(H,15,16). The SMILES string of the molecule is CC(C(=O)C(C)(C)C(=O)O)c1ccccc1. The molecule has 86 valence electrons. The second kappa shape index (κ2) is 4.47. The second-order valence-corrected chi connectivity index (χ2v) is 4.43. The molecule has 0 aliphatic carbocycles. The molecule has 0 aliphatic heterocycles. The van der Waals surface area contributed by atoms with E-state index < -0.39 is 17.3 Å². The summed E-state index contributed by atoms with van der Waals surface area (Å²) in [5.41, 5.74) is -0.489. The quantitative estimate of drug-likeness (QED) is 0.793. The van der Waals surface area contributed by atoms with Crippen LogP contribution in [0.4, 0.5) is 0 Å². The molecule has 0 amide bonds. The van der Waals surface area contributed by atoms with Gasteiger partial charge >= 0.3 is 5.97 Å². The normalized spacial score (nSPS) is 13.2. The Morgan fingerprint density at radius 1 is 1.19 bits per heavy atom. The van der Waals surface area contributed by atoms with E-state index in [1.54, 1.807) is 6.92 Å². The van der Waals surface area contributed by atoms with E-state index in [-0.39, 0.29) is 5.78 Å². The fourth-order valence-corrected chi connectivity index (χ4v) is 1.54. The highest BCUT2D eigenvalue weighted by Gasteiger charge is 2.38. The first-order chi connectivity index (χ1) is 7.37. The minimum Gasteiger partial charge on any atom is -0.481 e. The lowest BCUT2D eigenvalue weighted by atomic mass is 9.79. The van der Waals surface area contributed by atoms with Crippen LogP contribution in [0.1, 0.15) is 32.3 Å². The van der Waals surface area contributed by atoms with Gasteiger partial charge in [-0.15, -0.1) is 0 Å². The van der Waals surface area contributed by atoms with E-state index in [0.717, 1.165) is 5.56 Å². The Labute approximate surface area is 95.1 Å². The molecule has 0 saturated heterocycles. The highest BCUT2D eigenvalue weighted by molar-refractivity contribution is 6.05. The zero-order chi connectivity index (χ0) is 12.3. The average Bonchev–Trinajstić information content (AvgIpc) is 2.28. The van der Waals surface area contributed by atoms with Crippen molar-refractivity contribution in [3.63, 3.8) is 0 Å². The lowest BCUT2D eigenvalue weighted by Crippen LogP contribution is -2.36. The van der Waals surface area contributed by atoms with Gasteiger partial charge in [-0.05, 0) is 19.4 Å². The van der Waals surface area contributed by atoms with Crippen molar-refractivity contribution in [1.29, 1.82) is 0 Å². The number of Topliss-reactive ketones (excluding diaryl/α,β-unsaturated/α-hetero) is 1. The first kappa shape index (κ1) is 12.4. The van der Waals surface area contributed by atoms with Crippen molar-refractivity contribution in [2.45, 2.75) is 26.7 Å². The van der Waals surface area contributed by atoms with Crippen LogP contribution in [0.3, 0.4) is 0 Å². The van der Waals surface area contributed by atoms with Crippen molar-refractivity contribution in [3.8, 4) is 0 Å². The van der Waals surface area contributed by atoms with Crippen molar-refractivity contribution < 1.29 is 14.7 Å². The highest BCUT2D eigenvalue weighted by Crippen LogP contribution is 2.27. The molecule has 0 bridgehead atoms. The molecule has 3 nitrogen and oxygen atoms in total. The van der Waals surface area contributed by atoms with Gasteiger partial charge in [0.05, 0.1) is 0 Å². The molecule has 1 atom stereocenters. The van der Waals surface area contributed by atoms with E-state index >= 15 is 0 Å². The summed E-state index contributed by atoms with van der Waals surface area (Å²) in [6, 6.07) is 9.21. The van der Waals surface area contributed by atoms with E-state index in [0.29, 0.717) is 0 Å². The molecule has 0 fully saturated rings. The van der Waals surface area contributed by atoms with Gasteiger partial charge in [-0.3, -0.25) is 9.59 Å². The van der Waals surface area contributed by atoms with Gasteiger partial charge in [0, 0.05) is 5.92 Å². The van der Waals surface area contributed by atoms with Gasteiger partial charge in [0.15, 0.2) is 5.78 Å². The van der Waals surface area contributed by atoms with Crippen LogP contribution in [0.2, 0.25) is 0 Å². The van der Waals surface area contributed by atoms with E-state index in [4.69, 9.17) is 5.11 Å². The molecule has 1 unspecified atom stereocenters. The molecule has 1 aromatic carbocycles. The lowest BCUT2D eigenvalue weighted by Gasteiger charge is -2.22. The van der Waals surface area contributed by atoms with Gasteiger partial charge in [-0.2, -0.15) is 0 Å². The van der Waals surface area contributed by atoms with Gasteiger partial charge in [0.1, 0.15) is 5.41 Å². The van der Waals surface area contributed by atoms with Crippen molar-refractivity contribution in [2.75, 3.05) is 0 Å². The number of carboxylic acid groups (broad SMARTS) is 1. The maximum atomic E-state index is 12.0. The highest BCUT2D eigenvalue weighted by atomic mass is 16.4. The minimum absolute atomic E-state index is 0.272. The summed E-state index contributed by atoms with van der Waals surface area (Å²) in [5, 5.41) is 8.99. The van der Waals surface area contributed by atoms with Gasteiger partial charge < -0.3 is 5.11 Å². The molecule has 0 heterocycles. The molecule has 1 aromatic rings. The van der Waals surface area contributed by atoms with Crippen molar-refractivity contribution >= 4 is 11.8 Å². The predicted molar refractivity (Wildman–Crippen MR) is 61.3 cm³/mol. The largest absolute Gasteiger partial charge is 0.481 e. The predicted octanol–water partition coefficient (Wildman–Crippen LogP) is 2.47. The molecular formula is C13H16O3. The molecule has 0 aromatic heterocycles. The third-order valence-corrected chi connectivity index (χ3v) is 2.84. The zero-order valence-electron chi connectivity index (χ0n) is 9.73. The Balaban J connectivity index is 2.96. The van der Waals surface area contributed by atoms with E-state index in [9.17, 15) is 9.59 Å². The summed E-state index contributed by atoms with van der Waals surface area (Å²) < 4.78 is 0. The molecule has 0 aliphatic rings. The first-order valence-corrected chi connectivity index (χ1v) is 5.20. The van der Waals surface area contributed by atoms with Crippen LogP contribution in [0.5, 0.6) is 0 Å². The summed E-state index contributed by atoms with van der Waals surface area (Å²) in [4.78, 5) is 23.0. The Bertz CT molecular complexity index is 393. The van der Waals surface area contributed by atoms with Gasteiger partial charge in [0.25, 0.3) is 0 Å². The number of aliphatic carboxylic acids is 1. The number of benzene rings is 1. The number of carboxylic acids is 1. The maximum Gasteiger partial charge on any atom is 0.316 e. The monoisotopic (exact) mass is 220 g/mol.